The molecule has 3 aromatic carbocycles. The van der Waals surface area contributed by atoms with Crippen molar-refractivity contribution in [3.05, 3.63) is 94.8 Å². The highest BCUT2D eigenvalue weighted by Gasteiger charge is 2.35. The van der Waals surface area contributed by atoms with Crippen molar-refractivity contribution >= 4 is 11.8 Å². The topological polar surface area (TPSA) is 40.6 Å². The van der Waals surface area contributed by atoms with Crippen LogP contribution in [0.2, 0.25) is 0 Å². The van der Waals surface area contributed by atoms with Crippen molar-refractivity contribution in [1.82, 2.24) is 9.80 Å². The van der Waals surface area contributed by atoms with Crippen LogP contribution < -0.4 is 0 Å². The number of hydrogen-bond acceptors (Lipinski definition) is 3. The van der Waals surface area contributed by atoms with E-state index in [1.54, 1.807) is 30.3 Å². The van der Waals surface area contributed by atoms with Gasteiger partial charge in [-0.1, -0.05) is 42.5 Å². The van der Waals surface area contributed by atoms with Crippen LogP contribution in [0, 0.1) is 5.82 Å². The average molecular weight is 429 g/mol. The van der Waals surface area contributed by atoms with Gasteiger partial charge in [-0.05, 0) is 78.9 Å². The molecule has 0 radical (unpaired) electrons. The van der Waals surface area contributed by atoms with Gasteiger partial charge in [-0.15, -0.1) is 0 Å². The Morgan fingerprint density at radius 3 is 2.06 bits per heavy atom. The summed E-state index contributed by atoms with van der Waals surface area (Å²) in [5.74, 6) is -0.822. The first kappa shape index (κ1) is 20.6. The largest absolute Gasteiger partial charge is 0.299 e. The smallest absolute Gasteiger partial charge is 0.261 e. The molecule has 162 valence electrons. The molecule has 5 heteroatoms. The van der Waals surface area contributed by atoms with Crippen LogP contribution in [0.5, 0.6) is 0 Å². The van der Waals surface area contributed by atoms with Gasteiger partial charge in [0.1, 0.15) is 5.82 Å². The van der Waals surface area contributed by atoms with Gasteiger partial charge in [0.15, 0.2) is 0 Å². The fourth-order valence-corrected chi connectivity index (χ4v) is 4.57. The number of imide groups is 1. The molecule has 0 aromatic heterocycles. The summed E-state index contributed by atoms with van der Waals surface area (Å²) in [6.45, 7) is 3.67. The molecule has 0 spiro atoms. The van der Waals surface area contributed by atoms with Gasteiger partial charge in [-0.2, -0.15) is 0 Å². The third-order valence-corrected chi connectivity index (χ3v) is 6.40. The molecule has 5 rings (SSSR count). The maximum atomic E-state index is 13.2. The number of amides is 2. The lowest BCUT2D eigenvalue weighted by atomic mass is 10.0. The van der Waals surface area contributed by atoms with Crippen molar-refractivity contribution in [3.8, 4) is 11.1 Å². The van der Waals surface area contributed by atoms with Crippen molar-refractivity contribution < 1.29 is 14.0 Å². The SMILES string of the molecule is O=C1c2ccc(-c3ccc(F)cc3)cc2C(=O)N1CCc1ccc(CN2CCCC2)cc1. The lowest BCUT2D eigenvalue weighted by Gasteiger charge is -2.16. The Labute approximate surface area is 187 Å². The number of likely N-dealkylation sites (tertiary alicyclic amines) is 1. The molecular weight excluding hydrogens is 403 g/mol. The molecule has 0 atom stereocenters. The minimum absolute atomic E-state index is 0.249. The predicted octanol–water partition coefficient (Wildman–Crippen LogP) is 4.93. The Bertz CT molecular complexity index is 1150. The maximum absolute atomic E-state index is 13.2. The number of carbonyl (C=O) groups excluding carboxylic acids is 2. The quantitative estimate of drug-likeness (QED) is 0.523. The Kier molecular flexibility index (Phi) is 5.58. The summed E-state index contributed by atoms with van der Waals surface area (Å²) in [4.78, 5) is 29.6. The molecule has 32 heavy (non-hydrogen) atoms. The molecular formula is C27H25FN2O2. The molecule has 2 aliphatic rings. The molecule has 4 nitrogen and oxygen atoms in total. The third-order valence-electron chi connectivity index (χ3n) is 6.40. The zero-order valence-corrected chi connectivity index (χ0v) is 17.9. The lowest BCUT2D eigenvalue weighted by molar-refractivity contribution is 0.0656. The van der Waals surface area contributed by atoms with Crippen molar-refractivity contribution in [1.29, 1.82) is 0 Å². The van der Waals surface area contributed by atoms with E-state index in [2.05, 4.69) is 29.2 Å². The van der Waals surface area contributed by atoms with Crippen molar-refractivity contribution in [2.24, 2.45) is 0 Å². The van der Waals surface area contributed by atoms with Crippen molar-refractivity contribution in [2.75, 3.05) is 19.6 Å². The van der Waals surface area contributed by atoms with Gasteiger partial charge in [0.2, 0.25) is 0 Å². The summed E-state index contributed by atoms with van der Waals surface area (Å²) in [5, 5.41) is 0. The van der Waals surface area contributed by atoms with Crippen LogP contribution in [-0.2, 0) is 13.0 Å². The van der Waals surface area contributed by atoms with Gasteiger partial charge in [-0.25, -0.2) is 4.39 Å². The van der Waals surface area contributed by atoms with Crippen molar-refractivity contribution in [2.45, 2.75) is 25.8 Å². The van der Waals surface area contributed by atoms with Crippen LogP contribution in [0.25, 0.3) is 11.1 Å². The van der Waals surface area contributed by atoms with E-state index in [1.807, 2.05) is 0 Å². The minimum Gasteiger partial charge on any atom is -0.299 e. The zero-order valence-electron chi connectivity index (χ0n) is 17.9. The van der Waals surface area contributed by atoms with Gasteiger partial charge in [0.05, 0.1) is 11.1 Å². The van der Waals surface area contributed by atoms with Crippen molar-refractivity contribution in [3.63, 3.8) is 0 Å². The highest BCUT2D eigenvalue weighted by atomic mass is 19.1. The fourth-order valence-electron chi connectivity index (χ4n) is 4.57. The van der Waals surface area contributed by atoms with E-state index in [0.29, 0.717) is 24.1 Å². The molecule has 0 saturated carbocycles. The molecule has 1 saturated heterocycles. The highest BCUT2D eigenvalue weighted by Crippen LogP contribution is 2.29. The summed E-state index contributed by atoms with van der Waals surface area (Å²) >= 11 is 0. The summed E-state index contributed by atoms with van der Waals surface area (Å²) < 4.78 is 13.2. The maximum Gasteiger partial charge on any atom is 0.261 e. The van der Waals surface area contributed by atoms with E-state index >= 15 is 0 Å². The van der Waals surface area contributed by atoms with E-state index in [1.165, 1.54) is 48.5 Å². The second-order valence-electron chi connectivity index (χ2n) is 8.58. The van der Waals surface area contributed by atoms with Gasteiger partial charge < -0.3 is 0 Å². The number of benzene rings is 3. The predicted molar refractivity (Wildman–Crippen MR) is 122 cm³/mol. The number of nitrogens with zero attached hydrogens (tertiary/aromatic N) is 2. The first-order valence-corrected chi connectivity index (χ1v) is 11.1. The Hall–Kier alpha value is -3.31. The first-order chi connectivity index (χ1) is 15.6. The zero-order chi connectivity index (χ0) is 22.1. The first-order valence-electron chi connectivity index (χ1n) is 11.1. The van der Waals surface area contributed by atoms with Crippen LogP contribution in [0.15, 0.2) is 66.7 Å². The van der Waals surface area contributed by atoms with Gasteiger partial charge in [0, 0.05) is 13.1 Å². The second kappa shape index (κ2) is 8.67. The summed E-state index contributed by atoms with van der Waals surface area (Å²) in [6, 6.07) is 19.8. The third kappa shape index (κ3) is 4.08. The van der Waals surface area contributed by atoms with Gasteiger partial charge in [-0.3, -0.25) is 19.4 Å². The van der Waals surface area contributed by atoms with Crippen LogP contribution in [0.4, 0.5) is 4.39 Å². The molecule has 2 amide bonds. The number of carbonyl (C=O) groups is 2. The second-order valence-corrected chi connectivity index (χ2v) is 8.58. The lowest BCUT2D eigenvalue weighted by Crippen LogP contribution is -2.31. The molecule has 0 aliphatic carbocycles. The number of hydrogen-bond donors (Lipinski definition) is 0. The molecule has 2 aliphatic heterocycles. The standard InChI is InChI=1S/C27H25FN2O2/c28-23-10-7-21(8-11-23)22-9-12-24-25(17-22)27(32)30(26(24)31)16-13-19-3-5-20(6-4-19)18-29-14-1-2-15-29/h3-12,17H,1-2,13-16,18H2. The Morgan fingerprint density at radius 1 is 0.719 bits per heavy atom. The normalized spacial score (nSPS) is 16.1. The van der Waals surface area contributed by atoms with E-state index < -0.39 is 0 Å². The molecule has 3 aromatic rings. The monoisotopic (exact) mass is 428 g/mol. The Morgan fingerprint density at radius 2 is 1.34 bits per heavy atom. The van der Waals surface area contributed by atoms with Crippen LogP contribution >= 0.6 is 0 Å². The molecule has 0 unspecified atom stereocenters. The summed E-state index contributed by atoms with van der Waals surface area (Å²) in [5.41, 5.74) is 4.85. The molecule has 0 N–H and O–H groups in total. The van der Waals surface area contributed by atoms with Crippen LogP contribution in [0.1, 0.15) is 44.7 Å². The van der Waals surface area contributed by atoms with Crippen LogP contribution in [0.3, 0.4) is 0 Å². The molecule has 1 fully saturated rings. The van der Waals surface area contributed by atoms with E-state index in [9.17, 15) is 14.0 Å². The molecule has 0 bridgehead atoms. The number of fused-ring (bicyclic) bond motifs is 1. The summed E-state index contributed by atoms with van der Waals surface area (Å²) in [6.07, 6.45) is 3.19. The number of rotatable bonds is 6. The van der Waals surface area contributed by atoms with E-state index in [-0.39, 0.29) is 17.6 Å². The van der Waals surface area contributed by atoms with Crippen LogP contribution in [-0.4, -0.2) is 41.2 Å². The Balaban J connectivity index is 1.25. The summed E-state index contributed by atoms with van der Waals surface area (Å²) in [7, 11) is 0. The number of halogens is 1. The fraction of sp³-hybridized carbons (Fsp3) is 0.259. The molecule has 2 heterocycles. The average Bonchev–Trinajstić information content (AvgIpc) is 3.40. The van der Waals surface area contributed by atoms with E-state index in [0.717, 1.165) is 23.2 Å². The van der Waals surface area contributed by atoms with E-state index in [4.69, 9.17) is 0 Å². The highest BCUT2D eigenvalue weighted by molar-refractivity contribution is 6.21. The van der Waals surface area contributed by atoms with Gasteiger partial charge >= 0.3 is 0 Å². The minimum atomic E-state index is -0.309. The van der Waals surface area contributed by atoms with Gasteiger partial charge in [0.25, 0.3) is 11.8 Å².